The molecule has 0 aliphatic carbocycles. The molecule has 0 saturated carbocycles. The molecule has 0 unspecified atom stereocenters. The Morgan fingerprint density at radius 1 is 1.12 bits per heavy atom. The van der Waals surface area contributed by atoms with Crippen molar-refractivity contribution < 1.29 is 18.7 Å². The number of nitrogens with zero attached hydrogens (tertiary/aromatic N) is 1. The fraction of sp³-hybridized carbons (Fsp3) is 0.263. The minimum atomic E-state index is -0.307. The van der Waals surface area contributed by atoms with E-state index in [0.717, 1.165) is 5.56 Å². The van der Waals surface area contributed by atoms with Gasteiger partial charge < -0.3 is 9.64 Å². The third-order valence-corrected chi connectivity index (χ3v) is 3.79. The molecule has 1 amide bonds. The molecule has 0 aromatic heterocycles. The number of halogens is 1. The maximum atomic E-state index is 12.9. The highest BCUT2D eigenvalue weighted by Gasteiger charge is 2.15. The van der Waals surface area contributed by atoms with Crippen molar-refractivity contribution in [3.05, 3.63) is 65.0 Å². The molecule has 0 spiro atoms. The molecule has 0 bridgehead atoms. The number of methoxy groups -OCH3 is 1. The molecule has 126 valence electrons. The molecule has 2 aromatic rings. The van der Waals surface area contributed by atoms with Crippen molar-refractivity contribution >= 4 is 11.7 Å². The SMILES string of the molecule is COc1ccc(C(C)=O)cc1CC(=O)N(C)Cc1ccc(F)cc1. The van der Waals surface area contributed by atoms with Crippen LogP contribution in [0.4, 0.5) is 4.39 Å². The summed E-state index contributed by atoms with van der Waals surface area (Å²) in [5, 5.41) is 0. The van der Waals surface area contributed by atoms with Crippen molar-refractivity contribution in [2.45, 2.75) is 19.9 Å². The molecule has 4 nitrogen and oxygen atoms in total. The Kier molecular flexibility index (Phi) is 5.68. The van der Waals surface area contributed by atoms with Gasteiger partial charge in [-0.3, -0.25) is 9.59 Å². The number of rotatable bonds is 6. The molecule has 0 atom stereocenters. The minimum absolute atomic E-state index is 0.0639. The summed E-state index contributed by atoms with van der Waals surface area (Å²) < 4.78 is 18.2. The van der Waals surface area contributed by atoms with Crippen molar-refractivity contribution in [3.8, 4) is 5.75 Å². The van der Waals surface area contributed by atoms with Crippen molar-refractivity contribution in [2.24, 2.45) is 0 Å². The molecular weight excluding hydrogens is 309 g/mol. The Balaban J connectivity index is 2.11. The first kappa shape index (κ1) is 17.7. The quantitative estimate of drug-likeness (QED) is 0.764. The van der Waals surface area contributed by atoms with E-state index < -0.39 is 0 Å². The summed E-state index contributed by atoms with van der Waals surface area (Å²) in [5.74, 6) is 0.0893. The van der Waals surface area contributed by atoms with Crippen molar-refractivity contribution in [1.82, 2.24) is 4.90 Å². The highest BCUT2D eigenvalue weighted by Crippen LogP contribution is 2.21. The normalized spacial score (nSPS) is 10.3. The van der Waals surface area contributed by atoms with Gasteiger partial charge in [-0.15, -0.1) is 0 Å². The van der Waals surface area contributed by atoms with Crippen molar-refractivity contribution in [1.29, 1.82) is 0 Å². The number of ketones is 1. The van der Waals surface area contributed by atoms with Gasteiger partial charge in [-0.2, -0.15) is 0 Å². The molecule has 0 heterocycles. The van der Waals surface area contributed by atoms with E-state index in [-0.39, 0.29) is 23.9 Å². The number of likely N-dealkylation sites (N-methyl/N-ethyl adjacent to an activating group) is 1. The number of Topliss-reactive ketones (excluding diaryl/α,β-unsaturated/α-hetero) is 1. The Labute approximate surface area is 140 Å². The van der Waals surface area contributed by atoms with E-state index in [1.165, 1.54) is 26.2 Å². The second-order valence-electron chi connectivity index (χ2n) is 5.64. The lowest BCUT2D eigenvalue weighted by molar-refractivity contribution is -0.129. The van der Waals surface area contributed by atoms with Gasteiger partial charge in [0.1, 0.15) is 11.6 Å². The largest absolute Gasteiger partial charge is 0.496 e. The number of carbonyl (C=O) groups excluding carboxylic acids is 2. The molecule has 0 saturated heterocycles. The highest BCUT2D eigenvalue weighted by molar-refractivity contribution is 5.94. The zero-order valence-corrected chi connectivity index (χ0v) is 14.0. The topological polar surface area (TPSA) is 46.6 Å². The van der Waals surface area contributed by atoms with Gasteiger partial charge in [0, 0.05) is 24.7 Å². The molecule has 2 aromatic carbocycles. The van der Waals surface area contributed by atoms with Crippen LogP contribution < -0.4 is 4.74 Å². The average molecular weight is 329 g/mol. The van der Waals surface area contributed by atoms with Gasteiger partial charge >= 0.3 is 0 Å². The standard InChI is InChI=1S/C19H20FNO3/c1-13(22)15-6-9-18(24-3)16(10-15)11-19(23)21(2)12-14-4-7-17(20)8-5-14/h4-10H,11-12H2,1-3H3. The molecule has 0 radical (unpaired) electrons. The molecule has 0 aliphatic heterocycles. The Bertz CT molecular complexity index is 741. The maximum Gasteiger partial charge on any atom is 0.227 e. The number of benzene rings is 2. The Morgan fingerprint density at radius 2 is 1.79 bits per heavy atom. The molecule has 0 N–H and O–H groups in total. The van der Waals surface area contributed by atoms with E-state index in [4.69, 9.17) is 4.74 Å². The minimum Gasteiger partial charge on any atom is -0.496 e. The van der Waals surface area contributed by atoms with Gasteiger partial charge in [0.15, 0.2) is 5.78 Å². The van der Waals surface area contributed by atoms with Crippen molar-refractivity contribution in [3.63, 3.8) is 0 Å². The second-order valence-corrected chi connectivity index (χ2v) is 5.64. The molecule has 0 aliphatic rings. The van der Waals surface area contributed by atoms with E-state index in [0.29, 0.717) is 23.4 Å². The first-order valence-corrected chi connectivity index (χ1v) is 7.57. The summed E-state index contributed by atoms with van der Waals surface area (Å²) >= 11 is 0. The third-order valence-electron chi connectivity index (χ3n) is 3.79. The van der Waals surface area contributed by atoms with Gasteiger partial charge in [0.25, 0.3) is 0 Å². The van der Waals surface area contributed by atoms with Crippen LogP contribution in [-0.4, -0.2) is 30.7 Å². The predicted octanol–water partition coefficient (Wildman–Crippen LogP) is 3.24. The van der Waals surface area contributed by atoms with Crippen LogP contribution in [0.15, 0.2) is 42.5 Å². The van der Waals surface area contributed by atoms with Crippen LogP contribution >= 0.6 is 0 Å². The zero-order chi connectivity index (χ0) is 17.7. The zero-order valence-electron chi connectivity index (χ0n) is 14.0. The summed E-state index contributed by atoms with van der Waals surface area (Å²) in [4.78, 5) is 25.5. The third kappa shape index (κ3) is 4.41. The number of carbonyl (C=O) groups is 2. The van der Waals surface area contributed by atoms with E-state index >= 15 is 0 Å². The van der Waals surface area contributed by atoms with Gasteiger partial charge in [-0.25, -0.2) is 4.39 Å². The van der Waals surface area contributed by atoms with Gasteiger partial charge in [0.2, 0.25) is 5.91 Å². The number of hydrogen-bond donors (Lipinski definition) is 0. The smallest absolute Gasteiger partial charge is 0.227 e. The van der Waals surface area contributed by atoms with Crippen LogP contribution in [0.1, 0.15) is 28.4 Å². The van der Waals surface area contributed by atoms with Crippen LogP contribution in [0.2, 0.25) is 0 Å². The molecule has 5 heteroatoms. The van der Waals surface area contributed by atoms with E-state index in [1.807, 2.05) is 0 Å². The lowest BCUT2D eigenvalue weighted by Gasteiger charge is -2.18. The summed E-state index contributed by atoms with van der Waals surface area (Å²) in [5.41, 5.74) is 2.05. The summed E-state index contributed by atoms with van der Waals surface area (Å²) in [6.45, 7) is 1.86. The van der Waals surface area contributed by atoms with Crippen LogP contribution in [-0.2, 0) is 17.8 Å². The second kappa shape index (κ2) is 7.73. The van der Waals surface area contributed by atoms with Crippen LogP contribution in [0.25, 0.3) is 0 Å². The van der Waals surface area contributed by atoms with Gasteiger partial charge in [-0.05, 0) is 42.8 Å². The predicted molar refractivity (Wildman–Crippen MR) is 89.6 cm³/mol. The first-order chi connectivity index (χ1) is 11.4. The average Bonchev–Trinajstić information content (AvgIpc) is 2.56. The van der Waals surface area contributed by atoms with Crippen LogP contribution in [0.5, 0.6) is 5.75 Å². The van der Waals surface area contributed by atoms with E-state index in [1.54, 1.807) is 42.3 Å². The van der Waals surface area contributed by atoms with Gasteiger partial charge in [-0.1, -0.05) is 12.1 Å². The Hall–Kier alpha value is -2.69. The molecule has 24 heavy (non-hydrogen) atoms. The molecule has 0 fully saturated rings. The van der Waals surface area contributed by atoms with Crippen LogP contribution in [0, 0.1) is 5.82 Å². The number of amides is 1. The fourth-order valence-corrected chi connectivity index (χ4v) is 2.39. The van der Waals surface area contributed by atoms with E-state index in [9.17, 15) is 14.0 Å². The highest BCUT2D eigenvalue weighted by atomic mass is 19.1. The lowest BCUT2D eigenvalue weighted by Crippen LogP contribution is -2.28. The fourth-order valence-electron chi connectivity index (χ4n) is 2.39. The molecular formula is C19H20FNO3. The van der Waals surface area contributed by atoms with Crippen molar-refractivity contribution in [2.75, 3.05) is 14.2 Å². The lowest BCUT2D eigenvalue weighted by atomic mass is 10.0. The monoisotopic (exact) mass is 329 g/mol. The summed E-state index contributed by atoms with van der Waals surface area (Å²) in [7, 11) is 3.21. The number of hydrogen-bond acceptors (Lipinski definition) is 3. The van der Waals surface area contributed by atoms with Crippen LogP contribution in [0.3, 0.4) is 0 Å². The summed E-state index contributed by atoms with van der Waals surface area (Å²) in [6.07, 6.45) is 0.127. The molecule has 2 rings (SSSR count). The summed E-state index contributed by atoms with van der Waals surface area (Å²) in [6, 6.07) is 11.1. The first-order valence-electron chi connectivity index (χ1n) is 7.57. The number of ether oxygens (including phenoxy) is 1. The maximum absolute atomic E-state index is 12.9. The Morgan fingerprint density at radius 3 is 2.38 bits per heavy atom. The van der Waals surface area contributed by atoms with E-state index in [2.05, 4.69) is 0 Å². The van der Waals surface area contributed by atoms with Gasteiger partial charge in [0.05, 0.1) is 13.5 Å².